The lowest BCUT2D eigenvalue weighted by Crippen LogP contribution is -2.10. The smallest absolute Gasteiger partial charge is 0.331 e. The van der Waals surface area contributed by atoms with Crippen LogP contribution in [0.4, 0.5) is 0 Å². The van der Waals surface area contributed by atoms with E-state index in [1.807, 2.05) is 0 Å². The molecule has 0 rings (SSSR count). The number of carboxylic acids is 1. The van der Waals surface area contributed by atoms with Gasteiger partial charge in [0.1, 0.15) is 0 Å². The molecule has 0 aliphatic rings. The minimum Gasteiger partial charge on any atom is -0.478 e. The van der Waals surface area contributed by atoms with E-state index in [9.17, 15) is 4.79 Å². The van der Waals surface area contributed by atoms with Crippen molar-refractivity contribution in [3.63, 3.8) is 0 Å². The van der Waals surface area contributed by atoms with Crippen LogP contribution in [0.25, 0.3) is 0 Å². The molecule has 0 aromatic heterocycles. The Morgan fingerprint density at radius 1 is 1.42 bits per heavy atom. The van der Waals surface area contributed by atoms with E-state index in [0.29, 0.717) is 30.5 Å². The molecule has 4 nitrogen and oxygen atoms in total. The highest BCUT2D eigenvalue weighted by molar-refractivity contribution is 5.87. The highest BCUT2D eigenvalue weighted by atomic mass is 16.4. The van der Waals surface area contributed by atoms with Crippen LogP contribution in [-0.4, -0.2) is 29.3 Å². The molecule has 0 spiro atoms. The van der Waals surface area contributed by atoms with Gasteiger partial charge in [-0.25, -0.2) is 4.79 Å². The van der Waals surface area contributed by atoms with Crippen LogP contribution in [0, 0.1) is 0 Å². The van der Waals surface area contributed by atoms with Crippen LogP contribution < -0.4 is 5.73 Å². The average Bonchev–Trinajstić information content (AvgIpc) is 1.99. The number of aliphatic hydroxyl groups is 1. The molecule has 0 unspecified atom stereocenters. The number of hydrogen-bond donors (Lipinski definition) is 3. The van der Waals surface area contributed by atoms with E-state index < -0.39 is 5.97 Å². The summed E-state index contributed by atoms with van der Waals surface area (Å²) in [5.41, 5.74) is 6.27. The molecule has 0 heterocycles. The fraction of sp³-hybridized carbons (Fsp3) is 0.625. The summed E-state index contributed by atoms with van der Waals surface area (Å²) >= 11 is 0. The van der Waals surface area contributed by atoms with Gasteiger partial charge in [0.25, 0.3) is 0 Å². The van der Waals surface area contributed by atoms with Crippen LogP contribution in [0.15, 0.2) is 11.1 Å². The molecule has 0 atom stereocenters. The van der Waals surface area contributed by atoms with Crippen LogP contribution in [0.2, 0.25) is 0 Å². The summed E-state index contributed by atoms with van der Waals surface area (Å²) in [6.45, 7) is 2.01. The Kier molecular flexibility index (Phi) is 5.32. The summed E-state index contributed by atoms with van der Waals surface area (Å²) in [5, 5.41) is 17.3. The molecule has 0 aliphatic carbocycles. The zero-order valence-corrected chi connectivity index (χ0v) is 7.21. The van der Waals surface area contributed by atoms with Crippen molar-refractivity contribution in [3.8, 4) is 0 Å². The van der Waals surface area contributed by atoms with E-state index in [4.69, 9.17) is 15.9 Å². The summed E-state index contributed by atoms with van der Waals surface area (Å²) in [4.78, 5) is 10.6. The maximum atomic E-state index is 10.6. The molecule has 0 radical (unpaired) electrons. The number of nitrogens with two attached hydrogens (primary N) is 1. The van der Waals surface area contributed by atoms with Crippen LogP contribution >= 0.6 is 0 Å². The Morgan fingerprint density at radius 3 is 2.33 bits per heavy atom. The lowest BCUT2D eigenvalue weighted by atomic mass is 10.0. The van der Waals surface area contributed by atoms with Gasteiger partial charge in [0.2, 0.25) is 0 Å². The van der Waals surface area contributed by atoms with Gasteiger partial charge in [-0.05, 0) is 26.3 Å². The molecule has 12 heavy (non-hydrogen) atoms. The third-order valence-electron chi connectivity index (χ3n) is 1.65. The standard InChI is InChI=1S/C8H15NO3/c1-6(3-5-10)7(2-4-9)8(11)12/h10H,2-5,9H2,1H3,(H,11,12). The van der Waals surface area contributed by atoms with Gasteiger partial charge in [-0.2, -0.15) is 0 Å². The third-order valence-corrected chi connectivity index (χ3v) is 1.65. The Hall–Kier alpha value is -0.870. The first-order chi connectivity index (χ1) is 5.63. The van der Waals surface area contributed by atoms with Gasteiger partial charge < -0.3 is 15.9 Å². The summed E-state index contributed by atoms with van der Waals surface area (Å²) in [6.07, 6.45) is 0.767. The topological polar surface area (TPSA) is 83.5 Å². The lowest BCUT2D eigenvalue weighted by Gasteiger charge is -2.05. The van der Waals surface area contributed by atoms with E-state index in [1.165, 1.54) is 0 Å². The maximum Gasteiger partial charge on any atom is 0.331 e. The average molecular weight is 173 g/mol. The van der Waals surface area contributed by atoms with E-state index in [1.54, 1.807) is 6.92 Å². The molecule has 0 bridgehead atoms. The SMILES string of the molecule is CC(CCO)=C(CCN)C(=O)O. The van der Waals surface area contributed by atoms with Gasteiger partial charge in [0.15, 0.2) is 0 Å². The van der Waals surface area contributed by atoms with Crippen molar-refractivity contribution in [2.75, 3.05) is 13.2 Å². The van der Waals surface area contributed by atoms with Gasteiger partial charge in [-0.15, -0.1) is 0 Å². The molecule has 0 aromatic carbocycles. The Morgan fingerprint density at radius 2 is 2.00 bits per heavy atom. The van der Waals surface area contributed by atoms with Crippen molar-refractivity contribution in [3.05, 3.63) is 11.1 Å². The predicted molar refractivity (Wildman–Crippen MR) is 45.7 cm³/mol. The fourth-order valence-corrected chi connectivity index (χ4v) is 0.966. The molecule has 4 N–H and O–H groups in total. The molecule has 0 amide bonds. The molecule has 70 valence electrons. The number of aliphatic hydroxyl groups excluding tert-OH is 1. The summed E-state index contributed by atoms with van der Waals surface area (Å²) in [6, 6.07) is 0. The van der Waals surface area contributed by atoms with Crippen molar-refractivity contribution in [1.29, 1.82) is 0 Å². The van der Waals surface area contributed by atoms with E-state index in [2.05, 4.69) is 0 Å². The molecular formula is C8H15NO3. The first-order valence-electron chi connectivity index (χ1n) is 3.86. The molecule has 0 fully saturated rings. The zero-order valence-electron chi connectivity index (χ0n) is 7.21. The third kappa shape index (κ3) is 3.50. The van der Waals surface area contributed by atoms with Crippen molar-refractivity contribution >= 4 is 5.97 Å². The Balaban J connectivity index is 4.43. The number of hydrogen-bond acceptors (Lipinski definition) is 3. The van der Waals surface area contributed by atoms with Gasteiger partial charge in [0.05, 0.1) is 0 Å². The Labute approximate surface area is 71.7 Å². The molecule has 4 heteroatoms. The van der Waals surface area contributed by atoms with Gasteiger partial charge >= 0.3 is 5.97 Å². The molecule has 0 aromatic rings. The minimum atomic E-state index is -0.939. The predicted octanol–water partition coefficient (Wildman–Crippen LogP) is 0.119. The van der Waals surface area contributed by atoms with Gasteiger partial charge in [-0.3, -0.25) is 0 Å². The minimum absolute atomic E-state index is 0.0207. The highest BCUT2D eigenvalue weighted by Gasteiger charge is 2.09. The first kappa shape index (κ1) is 11.1. The second-order valence-electron chi connectivity index (χ2n) is 2.58. The first-order valence-corrected chi connectivity index (χ1v) is 3.86. The van der Waals surface area contributed by atoms with E-state index in [0.717, 1.165) is 0 Å². The summed E-state index contributed by atoms with van der Waals surface area (Å²) in [5.74, 6) is -0.939. The number of carbonyl (C=O) groups is 1. The van der Waals surface area contributed by atoms with E-state index in [-0.39, 0.29) is 6.61 Å². The largest absolute Gasteiger partial charge is 0.478 e. The fourth-order valence-electron chi connectivity index (χ4n) is 0.966. The van der Waals surface area contributed by atoms with Gasteiger partial charge in [0, 0.05) is 12.2 Å². The van der Waals surface area contributed by atoms with Crippen molar-refractivity contribution in [1.82, 2.24) is 0 Å². The van der Waals surface area contributed by atoms with Crippen LogP contribution in [0.5, 0.6) is 0 Å². The van der Waals surface area contributed by atoms with Crippen molar-refractivity contribution in [2.45, 2.75) is 19.8 Å². The number of carboxylic acid groups (broad SMARTS) is 1. The highest BCUT2D eigenvalue weighted by Crippen LogP contribution is 2.11. The van der Waals surface area contributed by atoms with Crippen LogP contribution in [-0.2, 0) is 4.79 Å². The van der Waals surface area contributed by atoms with E-state index >= 15 is 0 Å². The normalized spacial score (nSPS) is 12.6. The zero-order chi connectivity index (χ0) is 9.56. The number of aliphatic carboxylic acids is 1. The molecule has 0 saturated heterocycles. The number of rotatable bonds is 5. The van der Waals surface area contributed by atoms with Crippen molar-refractivity contribution in [2.24, 2.45) is 5.73 Å². The quantitative estimate of drug-likeness (QED) is 0.515. The molecule has 0 aliphatic heterocycles. The second kappa shape index (κ2) is 5.74. The summed E-state index contributed by atoms with van der Waals surface area (Å²) < 4.78 is 0. The molecule has 0 saturated carbocycles. The van der Waals surface area contributed by atoms with Crippen LogP contribution in [0.3, 0.4) is 0 Å². The summed E-state index contributed by atoms with van der Waals surface area (Å²) in [7, 11) is 0. The Bertz CT molecular complexity index is 187. The van der Waals surface area contributed by atoms with Gasteiger partial charge in [-0.1, -0.05) is 5.57 Å². The van der Waals surface area contributed by atoms with Crippen molar-refractivity contribution < 1.29 is 15.0 Å². The lowest BCUT2D eigenvalue weighted by molar-refractivity contribution is -0.132. The monoisotopic (exact) mass is 173 g/mol. The maximum absolute atomic E-state index is 10.6. The second-order valence-corrected chi connectivity index (χ2v) is 2.58. The van der Waals surface area contributed by atoms with Crippen LogP contribution in [0.1, 0.15) is 19.8 Å². The molecular weight excluding hydrogens is 158 g/mol.